The molecule has 0 saturated heterocycles. The van der Waals surface area contributed by atoms with E-state index in [0.717, 1.165) is 6.42 Å². The van der Waals surface area contributed by atoms with Crippen LogP contribution in [-0.2, 0) is 0 Å². The molecule has 0 spiro atoms. The third kappa shape index (κ3) is 1.98. The molecule has 0 unspecified atom stereocenters. The molecule has 0 bridgehead atoms. The molecule has 15 heavy (non-hydrogen) atoms. The minimum atomic E-state index is -0.0678. The molecule has 1 heterocycles. The highest BCUT2D eigenvalue weighted by Crippen LogP contribution is 2.13. The lowest BCUT2D eigenvalue weighted by Gasteiger charge is -2.02. The van der Waals surface area contributed by atoms with E-state index in [1.165, 1.54) is 6.39 Å². The molecule has 1 aromatic heterocycles. The number of carbonyl (C=O) groups excluding carboxylic acids is 1. The van der Waals surface area contributed by atoms with Gasteiger partial charge in [-0.3, -0.25) is 4.79 Å². The van der Waals surface area contributed by atoms with Crippen LogP contribution in [0.1, 0.15) is 23.7 Å². The predicted molar refractivity (Wildman–Crippen MR) is 56.6 cm³/mol. The smallest absolute Gasteiger partial charge is 0.251 e. The van der Waals surface area contributed by atoms with Gasteiger partial charge >= 0.3 is 0 Å². The third-order valence-electron chi connectivity index (χ3n) is 2.13. The molecule has 0 aliphatic rings. The Labute approximate surface area is 87.3 Å². The third-order valence-corrected chi connectivity index (χ3v) is 2.13. The molecular weight excluding hydrogens is 192 g/mol. The summed E-state index contributed by atoms with van der Waals surface area (Å²) in [5, 5.41) is 2.81. The zero-order valence-corrected chi connectivity index (χ0v) is 8.49. The number of nitrogens with one attached hydrogen (secondary N) is 1. The molecule has 0 saturated carbocycles. The van der Waals surface area contributed by atoms with E-state index in [1.54, 1.807) is 18.2 Å². The normalized spacial score (nSPS) is 10.5. The second kappa shape index (κ2) is 4.13. The molecule has 1 N–H and O–H groups in total. The first kappa shape index (κ1) is 9.71. The van der Waals surface area contributed by atoms with Gasteiger partial charge in [-0.1, -0.05) is 6.92 Å². The molecule has 0 aliphatic heterocycles. The summed E-state index contributed by atoms with van der Waals surface area (Å²) in [4.78, 5) is 15.6. The van der Waals surface area contributed by atoms with Gasteiger partial charge in [0.2, 0.25) is 0 Å². The van der Waals surface area contributed by atoms with Gasteiger partial charge in [0.05, 0.1) is 0 Å². The highest BCUT2D eigenvalue weighted by Gasteiger charge is 2.06. The fraction of sp³-hybridized carbons (Fsp3) is 0.273. The Balaban J connectivity index is 2.23. The van der Waals surface area contributed by atoms with Crippen LogP contribution in [0.2, 0.25) is 0 Å². The van der Waals surface area contributed by atoms with Crippen LogP contribution in [0, 0.1) is 0 Å². The molecule has 78 valence electrons. The standard InChI is InChI=1S/C11H12N2O2/c1-2-5-12-11(14)8-3-4-10-9(6-8)13-7-15-10/h3-4,6-7H,2,5H2,1H3,(H,12,14). The number of rotatable bonds is 3. The van der Waals surface area contributed by atoms with Crippen molar-refractivity contribution in [2.24, 2.45) is 0 Å². The van der Waals surface area contributed by atoms with Gasteiger partial charge in [-0.05, 0) is 24.6 Å². The number of fused-ring (bicyclic) bond motifs is 1. The first-order chi connectivity index (χ1) is 7.31. The highest BCUT2D eigenvalue weighted by atomic mass is 16.3. The lowest BCUT2D eigenvalue weighted by atomic mass is 10.2. The predicted octanol–water partition coefficient (Wildman–Crippen LogP) is 1.97. The van der Waals surface area contributed by atoms with Crippen LogP contribution in [0.25, 0.3) is 11.1 Å². The first-order valence-electron chi connectivity index (χ1n) is 4.92. The second-order valence-corrected chi connectivity index (χ2v) is 3.29. The SMILES string of the molecule is CCCNC(=O)c1ccc2ocnc2c1. The number of hydrogen-bond acceptors (Lipinski definition) is 3. The fourth-order valence-electron chi connectivity index (χ4n) is 1.34. The minimum absolute atomic E-state index is 0.0678. The Morgan fingerprint density at radius 3 is 3.20 bits per heavy atom. The summed E-state index contributed by atoms with van der Waals surface area (Å²) in [6.45, 7) is 2.71. The van der Waals surface area contributed by atoms with Crippen molar-refractivity contribution >= 4 is 17.0 Å². The molecule has 1 aromatic carbocycles. The van der Waals surface area contributed by atoms with Crippen molar-refractivity contribution in [2.45, 2.75) is 13.3 Å². The van der Waals surface area contributed by atoms with E-state index < -0.39 is 0 Å². The average molecular weight is 204 g/mol. The highest BCUT2D eigenvalue weighted by molar-refractivity contribution is 5.96. The van der Waals surface area contributed by atoms with Crippen molar-refractivity contribution in [3.8, 4) is 0 Å². The fourth-order valence-corrected chi connectivity index (χ4v) is 1.34. The molecule has 0 aliphatic carbocycles. The van der Waals surface area contributed by atoms with Gasteiger partial charge in [0, 0.05) is 12.1 Å². The van der Waals surface area contributed by atoms with Crippen LogP contribution in [0.5, 0.6) is 0 Å². The molecule has 1 amide bonds. The number of hydrogen-bond donors (Lipinski definition) is 1. The Morgan fingerprint density at radius 1 is 1.53 bits per heavy atom. The van der Waals surface area contributed by atoms with Gasteiger partial charge in [0.25, 0.3) is 5.91 Å². The van der Waals surface area contributed by atoms with Gasteiger partial charge in [-0.25, -0.2) is 4.98 Å². The molecule has 4 nitrogen and oxygen atoms in total. The van der Waals surface area contributed by atoms with Gasteiger partial charge in [0.15, 0.2) is 12.0 Å². The Bertz CT molecular complexity index is 476. The Kier molecular flexibility index (Phi) is 2.67. The van der Waals surface area contributed by atoms with Crippen molar-refractivity contribution < 1.29 is 9.21 Å². The van der Waals surface area contributed by atoms with Crippen LogP contribution in [-0.4, -0.2) is 17.4 Å². The maximum atomic E-state index is 11.6. The van der Waals surface area contributed by atoms with E-state index in [2.05, 4.69) is 10.3 Å². The van der Waals surface area contributed by atoms with E-state index in [1.807, 2.05) is 6.92 Å². The van der Waals surface area contributed by atoms with Gasteiger partial charge in [-0.15, -0.1) is 0 Å². The van der Waals surface area contributed by atoms with Crippen molar-refractivity contribution in [1.29, 1.82) is 0 Å². The molecular formula is C11H12N2O2. The summed E-state index contributed by atoms with van der Waals surface area (Å²) < 4.78 is 5.09. The first-order valence-corrected chi connectivity index (χ1v) is 4.92. The molecule has 2 rings (SSSR count). The van der Waals surface area contributed by atoms with E-state index >= 15 is 0 Å². The second-order valence-electron chi connectivity index (χ2n) is 3.29. The summed E-state index contributed by atoms with van der Waals surface area (Å²) in [6.07, 6.45) is 2.30. The van der Waals surface area contributed by atoms with Crippen molar-refractivity contribution in [3.05, 3.63) is 30.2 Å². The van der Waals surface area contributed by atoms with Crippen LogP contribution in [0.15, 0.2) is 29.0 Å². The quantitative estimate of drug-likeness (QED) is 0.831. The van der Waals surface area contributed by atoms with Crippen molar-refractivity contribution in [3.63, 3.8) is 0 Å². The maximum absolute atomic E-state index is 11.6. The van der Waals surface area contributed by atoms with Crippen molar-refractivity contribution in [1.82, 2.24) is 10.3 Å². The van der Waals surface area contributed by atoms with E-state index in [9.17, 15) is 4.79 Å². The number of benzene rings is 1. The average Bonchev–Trinajstić information content (AvgIpc) is 2.72. The van der Waals surface area contributed by atoms with Crippen LogP contribution < -0.4 is 5.32 Å². The summed E-state index contributed by atoms with van der Waals surface area (Å²) in [7, 11) is 0. The van der Waals surface area contributed by atoms with Crippen molar-refractivity contribution in [2.75, 3.05) is 6.54 Å². The molecule has 0 atom stereocenters. The molecule has 4 heteroatoms. The van der Waals surface area contributed by atoms with Gasteiger partial charge in [-0.2, -0.15) is 0 Å². The number of aromatic nitrogens is 1. The topological polar surface area (TPSA) is 55.1 Å². The monoisotopic (exact) mass is 204 g/mol. The van der Waals surface area contributed by atoms with E-state index in [-0.39, 0.29) is 5.91 Å². The lowest BCUT2D eigenvalue weighted by Crippen LogP contribution is -2.23. The summed E-state index contributed by atoms with van der Waals surface area (Å²) in [5.74, 6) is -0.0678. The van der Waals surface area contributed by atoms with E-state index in [4.69, 9.17) is 4.42 Å². The zero-order valence-electron chi connectivity index (χ0n) is 8.49. The molecule has 0 radical (unpaired) electrons. The van der Waals surface area contributed by atoms with Crippen LogP contribution in [0.4, 0.5) is 0 Å². The molecule has 0 fully saturated rings. The Hall–Kier alpha value is -1.84. The summed E-state index contributed by atoms with van der Waals surface area (Å²) in [5.41, 5.74) is 2.02. The number of oxazole rings is 1. The summed E-state index contributed by atoms with van der Waals surface area (Å²) >= 11 is 0. The lowest BCUT2D eigenvalue weighted by molar-refractivity contribution is 0.0954. The number of carbonyl (C=O) groups is 1. The minimum Gasteiger partial charge on any atom is -0.443 e. The van der Waals surface area contributed by atoms with Crippen LogP contribution in [0.3, 0.4) is 0 Å². The van der Waals surface area contributed by atoms with Gasteiger partial charge in [0.1, 0.15) is 5.52 Å². The van der Waals surface area contributed by atoms with Gasteiger partial charge < -0.3 is 9.73 Å². The van der Waals surface area contributed by atoms with E-state index in [0.29, 0.717) is 23.2 Å². The number of amides is 1. The molecule has 2 aromatic rings. The maximum Gasteiger partial charge on any atom is 0.251 e. The largest absolute Gasteiger partial charge is 0.443 e. The summed E-state index contributed by atoms with van der Waals surface area (Å²) in [6, 6.07) is 5.21. The van der Waals surface area contributed by atoms with Crippen LogP contribution >= 0.6 is 0 Å². The Morgan fingerprint density at radius 2 is 2.40 bits per heavy atom. The number of nitrogens with zero attached hydrogens (tertiary/aromatic N) is 1. The zero-order chi connectivity index (χ0) is 10.7.